The number of carbonyl (C=O) groups is 4. The normalized spacial score (nSPS) is 13.8. The molecule has 1 heterocycles. The molecule has 11 heteroatoms. The van der Waals surface area contributed by atoms with Crippen LogP contribution in [0.3, 0.4) is 0 Å². The largest absolute Gasteiger partial charge is 0.508 e. The molecule has 1 N–H and O–H groups in total. The van der Waals surface area contributed by atoms with Crippen molar-refractivity contribution in [1.82, 2.24) is 0 Å². The van der Waals surface area contributed by atoms with Crippen LogP contribution in [0.25, 0.3) is 21.5 Å². The van der Waals surface area contributed by atoms with Gasteiger partial charge in [-0.3, -0.25) is 9.59 Å². The van der Waals surface area contributed by atoms with Crippen LogP contribution in [-0.4, -0.2) is 69.3 Å². The van der Waals surface area contributed by atoms with E-state index in [4.69, 9.17) is 18.9 Å². The number of aromatic hydroxyl groups is 1. The van der Waals surface area contributed by atoms with E-state index in [1.807, 2.05) is 30.3 Å². The Hall–Kier alpha value is -5.16. The number of phenols is 1. The Kier molecular flexibility index (Phi) is 16.2. The summed E-state index contributed by atoms with van der Waals surface area (Å²) in [6, 6.07) is 21.5. The minimum absolute atomic E-state index is 0.178. The van der Waals surface area contributed by atoms with E-state index in [0.717, 1.165) is 85.3 Å². The van der Waals surface area contributed by atoms with Crippen LogP contribution in [0.15, 0.2) is 72.8 Å². The van der Waals surface area contributed by atoms with Gasteiger partial charge in [0.1, 0.15) is 11.5 Å². The first-order valence-electron chi connectivity index (χ1n) is 17.8. The zero-order chi connectivity index (χ0) is 37.1. The molecule has 11 nitrogen and oxygen atoms in total. The first-order chi connectivity index (χ1) is 25.2. The lowest BCUT2D eigenvalue weighted by Crippen LogP contribution is -2.24. The summed E-state index contributed by atoms with van der Waals surface area (Å²) >= 11 is 0. The van der Waals surface area contributed by atoms with Crippen molar-refractivity contribution in [3.05, 3.63) is 83.9 Å². The van der Waals surface area contributed by atoms with Gasteiger partial charge in [0.05, 0.1) is 45.2 Å². The molecule has 1 atom stereocenters. The van der Waals surface area contributed by atoms with E-state index >= 15 is 0 Å². The Bertz CT molecular complexity index is 1780. The maximum atomic E-state index is 12.3. The van der Waals surface area contributed by atoms with E-state index in [-0.39, 0.29) is 35.9 Å². The molecule has 1 unspecified atom stereocenters. The Labute approximate surface area is 304 Å². The summed E-state index contributed by atoms with van der Waals surface area (Å²) in [6.07, 6.45) is 8.24. The number of carbonyl (C=O) groups excluding carboxylic acids is 4. The molecule has 4 aromatic carbocycles. The van der Waals surface area contributed by atoms with Crippen LogP contribution in [0.5, 0.6) is 11.5 Å². The Morgan fingerprint density at radius 2 is 1.15 bits per heavy atom. The fourth-order valence-electron chi connectivity index (χ4n) is 5.54. The number of methoxy groups -OCH3 is 2. The lowest BCUT2D eigenvalue weighted by molar-refractivity contribution is -0.141. The van der Waals surface area contributed by atoms with E-state index in [1.165, 1.54) is 14.2 Å². The maximum absolute atomic E-state index is 12.3. The average Bonchev–Trinajstić information content (AvgIpc) is 3.17. The Morgan fingerprint density at radius 1 is 0.635 bits per heavy atom. The van der Waals surface area contributed by atoms with Crippen LogP contribution < -0.4 is 4.74 Å². The summed E-state index contributed by atoms with van der Waals surface area (Å²) in [7, 11) is 2.75. The number of hydrogen-bond acceptors (Lipinski definition) is 11. The van der Waals surface area contributed by atoms with E-state index in [1.54, 1.807) is 42.5 Å². The monoisotopic (exact) mass is 716 g/mol. The SMILES string of the molecule is COC(=O)CCCCCOC(=O)c1ccc2cc(O)ccc2c1.COC(=O)CCCCCOC(=O)c1ccc2cc(OC3CCCCO3)ccc2c1. The number of fused-ring (bicyclic) bond motifs is 2. The highest BCUT2D eigenvalue weighted by Gasteiger charge is 2.16. The van der Waals surface area contributed by atoms with Crippen LogP contribution >= 0.6 is 0 Å². The van der Waals surface area contributed by atoms with Crippen LogP contribution in [-0.2, 0) is 33.3 Å². The fourth-order valence-corrected chi connectivity index (χ4v) is 5.54. The van der Waals surface area contributed by atoms with Gasteiger partial charge in [0.2, 0.25) is 0 Å². The molecule has 52 heavy (non-hydrogen) atoms. The molecule has 1 fully saturated rings. The van der Waals surface area contributed by atoms with E-state index < -0.39 is 0 Å². The van der Waals surface area contributed by atoms with Gasteiger partial charge in [-0.25, -0.2) is 9.59 Å². The molecule has 1 saturated heterocycles. The maximum Gasteiger partial charge on any atom is 0.338 e. The van der Waals surface area contributed by atoms with Gasteiger partial charge < -0.3 is 33.5 Å². The van der Waals surface area contributed by atoms with Gasteiger partial charge in [0, 0.05) is 19.3 Å². The molecule has 0 spiro atoms. The van der Waals surface area contributed by atoms with Gasteiger partial charge in [-0.15, -0.1) is 0 Å². The lowest BCUT2D eigenvalue weighted by Gasteiger charge is -2.23. The zero-order valence-electron chi connectivity index (χ0n) is 29.9. The van der Waals surface area contributed by atoms with Gasteiger partial charge in [-0.2, -0.15) is 0 Å². The van der Waals surface area contributed by atoms with E-state index in [2.05, 4.69) is 9.47 Å². The van der Waals surface area contributed by atoms with Crippen molar-refractivity contribution in [2.45, 2.75) is 76.9 Å². The molecule has 0 radical (unpaired) electrons. The summed E-state index contributed by atoms with van der Waals surface area (Å²) in [5.74, 6) is -0.169. The van der Waals surface area contributed by atoms with Crippen molar-refractivity contribution in [3.63, 3.8) is 0 Å². The first-order valence-corrected chi connectivity index (χ1v) is 17.8. The number of benzene rings is 4. The molecule has 4 aromatic rings. The van der Waals surface area contributed by atoms with Gasteiger partial charge >= 0.3 is 23.9 Å². The summed E-state index contributed by atoms with van der Waals surface area (Å²) in [5.41, 5.74) is 1.01. The van der Waals surface area contributed by atoms with Crippen molar-refractivity contribution < 1.29 is 52.7 Å². The number of rotatable bonds is 16. The second kappa shape index (κ2) is 21.3. The van der Waals surface area contributed by atoms with Crippen LogP contribution in [0, 0.1) is 0 Å². The molecule has 1 aliphatic rings. The molecule has 278 valence electrons. The van der Waals surface area contributed by atoms with Crippen LogP contribution in [0.1, 0.15) is 91.3 Å². The molecule has 0 amide bonds. The Balaban J connectivity index is 0.000000239. The summed E-state index contributed by atoms with van der Waals surface area (Å²) in [6.45, 7) is 1.41. The minimum atomic E-state index is -0.368. The predicted molar refractivity (Wildman–Crippen MR) is 195 cm³/mol. The average molecular weight is 717 g/mol. The van der Waals surface area contributed by atoms with Crippen LogP contribution in [0.2, 0.25) is 0 Å². The third kappa shape index (κ3) is 13.2. The minimum Gasteiger partial charge on any atom is -0.508 e. The second-order valence-electron chi connectivity index (χ2n) is 12.4. The highest BCUT2D eigenvalue weighted by molar-refractivity contribution is 5.96. The number of esters is 4. The summed E-state index contributed by atoms with van der Waals surface area (Å²) < 4.78 is 31.2. The van der Waals surface area contributed by atoms with Crippen molar-refractivity contribution >= 4 is 45.4 Å². The number of phenolic OH excluding ortho intramolecular Hbond substituents is 1. The Morgan fingerprint density at radius 3 is 1.69 bits per heavy atom. The second-order valence-corrected chi connectivity index (χ2v) is 12.4. The number of unbranched alkanes of at least 4 members (excludes halogenated alkanes) is 4. The third-order valence-corrected chi connectivity index (χ3v) is 8.48. The molecule has 5 rings (SSSR count). The molecule has 0 saturated carbocycles. The van der Waals surface area contributed by atoms with Gasteiger partial charge in [0.15, 0.2) is 6.29 Å². The number of ether oxygens (including phenoxy) is 6. The molecule has 0 bridgehead atoms. The topological polar surface area (TPSA) is 144 Å². The highest BCUT2D eigenvalue weighted by atomic mass is 16.7. The van der Waals surface area contributed by atoms with Crippen molar-refractivity contribution in [1.29, 1.82) is 0 Å². The number of hydrogen-bond donors (Lipinski definition) is 1. The van der Waals surface area contributed by atoms with Crippen molar-refractivity contribution in [2.24, 2.45) is 0 Å². The van der Waals surface area contributed by atoms with Crippen LogP contribution in [0.4, 0.5) is 0 Å². The van der Waals surface area contributed by atoms with Gasteiger partial charge in [0.25, 0.3) is 0 Å². The van der Waals surface area contributed by atoms with E-state index in [9.17, 15) is 24.3 Å². The lowest BCUT2D eigenvalue weighted by atomic mass is 10.1. The smallest absolute Gasteiger partial charge is 0.338 e. The first kappa shape index (κ1) is 39.6. The molecule has 0 aromatic heterocycles. The fraction of sp³-hybridized carbons (Fsp3) is 0.415. The van der Waals surface area contributed by atoms with Gasteiger partial charge in [-0.05, 0) is 121 Å². The van der Waals surface area contributed by atoms with Crippen molar-refractivity contribution in [2.75, 3.05) is 34.0 Å². The zero-order valence-corrected chi connectivity index (χ0v) is 29.9. The summed E-state index contributed by atoms with van der Waals surface area (Å²) in [5, 5.41) is 13.1. The third-order valence-electron chi connectivity index (χ3n) is 8.48. The van der Waals surface area contributed by atoms with Crippen molar-refractivity contribution in [3.8, 4) is 11.5 Å². The predicted octanol–water partition coefficient (Wildman–Crippen LogP) is 8.07. The summed E-state index contributed by atoms with van der Waals surface area (Å²) in [4.78, 5) is 46.3. The molecular formula is C41H48O11. The molecule has 1 aliphatic heterocycles. The quantitative estimate of drug-likeness (QED) is 0.0683. The highest BCUT2D eigenvalue weighted by Crippen LogP contribution is 2.26. The standard InChI is InChI=1S/C23H28O6.C18H20O5/c1-26-21(24)7-3-2-5-14-28-23(25)19-10-9-18-16-20(12-11-17(18)15-19)29-22-8-4-6-13-27-22;1-22-17(20)5-3-2-4-10-23-18(21)15-7-6-14-12-16(19)9-8-13(14)11-15/h9-12,15-16,22H,2-8,13-14H2,1H3;6-9,11-12,19H,2-5,10H2,1H3. The molecule has 0 aliphatic carbocycles. The molecular weight excluding hydrogens is 668 g/mol. The van der Waals surface area contributed by atoms with E-state index in [0.29, 0.717) is 43.6 Å². The van der Waals surface area contributed by atoms with Gasteiger partial charge in [-0.1, -0.05) is 24.3 Å².